The van der Waals surface area contributed by atoms with E-state index in [1.165, 1.54) is 7.05 Å². The third-order valence-electron chi connectivity index (χ3n) is 7.42. The molecule has 2 aliphatic rings. The molecule has 0 aromatic heterocycles. The lowest BCUT2D eigenvalue weighted by Crippen LogP contribution is -2.57. The molecule has 0 saturated heterocycles. The molecule has 0 radical (unpaired) electrons. The molecule has 1 spiro atoms. The number of benzene rings is 2. The second-order valence-corrected chi connectivity index (χ2v) is 9.27. The molecule has 2 amide bonds. The molecule has 4 rings (SSSR count). The Balaban J connectivity index is 1.80. The molecule has 1 unspecified atom stereocenters. The van der Waals surface area contributed by atoms with Gasteiger partial charge in [-0.05, 0) is 66.6 Å². The molecule has 0 heterocycles. The molecular weight excluding hydrogens is 412 g/mol. The van der Waals surface area contributed by atoms with Crippen molar-refractivity contribution in [1.29, 1.82) is 5.26 Å². The maximum absolute atomic E-state index is 14.1. The molecule has 168 valence electrons. The summed E-state index contributed by atoms with van der Waals surface area (Å²) in [6.45, 7) is 1.47. The lowest BCUT2D eigenvalue weighted by Gasteiger charge is -2.49. The number of carbonyl (C=O) groups excluding carboxylic acids is 1. The van der Waals surface area contributed by atoms with Crippen molar-refractivity contribution in [3.63, 3.8) is 0 Å². The van der Waals surface area contributed by atoms with Crippen molar-refractivity contribution in [1.82, 2.24) is 10.2 Å². The molecule has 0 aliphatic heterocycles. The van der Waals surface area contributed by atoms with Crippen LogP contribution in [-0.4, -0.2) is 35.7 Å². The Hall–Kier alpha value is -2.98. The predicted octanol–water partition coefficient (Wildman–Crippen LogP) is 4.78. The first-order valence-electron chi connectivity index (χ1n) is 10.8. The van der Waals surface area contributed by atoms with Gasteiger partial charge >= 0.3 is 6.03 Å². The van der Waals surface area contributed by atoms with Crippen LogP contribution < -0.4 is 5.32 Å². The van der Waals surface area contributed by atoms with Crippen LogP contribution in [0.15, 0.2) is 42.5 Å². The number of amides is 2. The van der Waals surface area contributed by atoms with Crippen LogP contribution in [-0.2, 0) is 12.0 Å². The van der Waals surface area contributed by atoms with E-state index in [4.69, 9.17) is 0 Å². The molecule has 2 aliphatic carbocycles. The monoisotopic (exact) mass is 439 g/mol. The summed E-state index contributed by atoms with van der Waals surface area (Å²) in [5, 5.41) is 21.7. The molecule has 2 aromatic carbocycles. The quantitative estimate of drug-likeness (QED) is 0.676. The summed E-state index contributed by atoms with van der Waals surface area (Å²) in [4.78, 5) is 14.0. The Labute approximate surface area is 186 Å². The number of nitrogens with one attached hydrogen (secondary N) is 1. The Morgan fingerprint density at radius 1 is 1.16 bits per heavy atom. The summed E-state index contributed by atoms with van der Waals surface area (Å²) >= 11 is 0. The highest BCUT2D eigenvalue weighted by atomic mass is 19.3. The summed E-state index contributed by atoms with van der Waals surface area (Å²) in [7, 11) is 1.49. The lowest BCUT2D eigenvalue weighted by atomic mass is 9.62. The van der Waals surface area contributed by atoms with Gasteiger partial charge in [-0.3, -0.25) is 0 Å². The molecule has 1 fully saturated rings. The van der Waals surface area contributed by atoms with E-state index in [0.29, 0.717) is 24.8 Å². The number of nitriles is 1. The van der Waals surface area contributed by atoms with Gasteiger partial charge in [0.15, 0.2) is 0 Å². The largest absolute Gasteiger partial charge is 0.376 e. The van der Waals surface area contributed by atoms with Crippen LogP contribution in [0.3, 0.4) is 0 Å². The molecule has 2 N–H and O–H groups in total. The van der Waals surface area contributed by atoms with Gasteiger partial charge in [-0.25, -0.2) is 13.6 Å². The van der Waals surface area contributed by atoms with Crippen molar-refractivity contribution in [3.8, 4) is 17.2 Å². The fraction of sp³-hybridized carbons (Fsp3) is 0.440. The van der Waals surface area contributed by atoms with Gasteiger partial charge < -0.3 is 15.3 Å². The van der Waals surface area contributed by atoms with Crippen LogP contribution in [0.25, 0.3) is 11.1 Å². The SMILES string of the molecule is CN(CO)C(=O)NC1(C)c2cc(-c3cccc(C#N)c3)ccc2CC12CCC(F)(F)CC2. The number of hydrogen-bond donors (Lipinski definition) is 2. The Morgan fingerprint density at radius 2 is 1.84 bits per heavy atom. The maximum Gasteiger partial charge on any atom is 0.319 e. The topological polar surface area (TPSA) is 76.4 Å². The van der Waals surface area contributed by atoms with E-state index in [1.54, 1.807) is 6.07 Å². The number of urea groups is 1. The summed E-state index contributed by atoms with van der Waals surface area (Å²) in [6.07, 6.45) is 0.788. The maximum atomic E-state index is 14.1. The summed E-state index contributed by atoms with van der Waals surface area (Å²) in [5.41, 5.74) is 2.86. The molecule has 2 aromatic rings. The number of hydrogen-bond acceptors (Lipinski definition) is 3. The first kappa shape index (κ1) is 22.2. The van der Waals surface area contributed by atoms with Gasteiger partial charge in [0, 0.05) is 25.3 Å². The smallest absolute Gasteiger partial charge is 0.319 e. The van der Waals surface area contributed by atoms with E-state index in [2.05, 4.69) is 11.4 Å². The van der Waals surface area contributed by atoms with Crippen molar-refractivity contribution in [2.45, 2.75) is 50.5 Å². The molecule has 1 saturated carbocycles. The molecule has 5 nitrogen and oxygen atoms in total. The van der Waals surface area contributed by atoms with E-state index in [9.17, 15) is 23.9 Å². The fourth-order valence-corrected chi connectivity index (χ4v) is 5.32. The van der Waals surface area contributed by atoms with Gasteiger partial charge in [0.1, 0.15) is 6.73 Å². The van der Waals surface area contributed by atoms with Gasteiger partial charge in [0.25, 0.3) is 0 Å². The number of rotatable bonds is 3. The zero-order valence-electron chi connectivity index (χ0n) is 18.3. The highest BCUT2D eigenvalue weighted by Gasteiger charge is 2.58. The van der Waals surface area contributed by atoms with Crippen LogP contribution in [0.4, 0.5) is 13.6 Å². The van der Waals surface area contributed by atoms with E-state index in [-0.39, 0.29) is 12.8 Å². The molecule has 32 heavy (non-hydrogen) atoms. The van der Waals surface area contributed by atoms with Crippen LogP contribution in [0.1, 0.15) is 49.3 Å². The van der Waals surface area contributed by atoms with E-state index in [0.717, 1.165) is 27.2 Å². The second kappa shape index (κ2) is 7.86. The highest BCUT2D eigenvalue weighted by Crippen LogP contribution is 2.59. The standard InChI is InChI=1S/C25H27F2N3O2/c1-23(29-22(32)30(2)16-31)21-13-19(18-5-3-4-17(12-18)15-28)6-7-20(21)14-24(23)8-10-25(26,27)11-9-24/h3-7,12-13,31H,8-11,14,16H2,1-2H3,(H,29,32). The van der Waals surface area contributed by atoms with Gasteiger partial charge in [0.2, 0.25) is 5.92 Å². The van der Waals surface area contributed by atoms with Crippen molar-refractivity contribution in [2.24, 2.45) is 5.41 Å². The summed E-state index contributed by atoms with van der Waals surface area (Å²) in [6, 6.07) is 15.0. The minimum absolute atomic E-state index is 0.209. The first-order valence-corrected chi connectivity index (χ1v) is 10.8. The van der Waals surface area contributed by atoms with E-state index >= 15 is 0 Å². The van der Waals surface area contributed by atoms with Gasteiger partial charge in [0.05, 0.1) is 17.2 Å². The number of aliphatic hydroxyl groups is 1. The van der Waals surface area contributed by atoms with Crippen LogP contribution in [0.2, 0.25) is 0 Å². The van der Waals surface area contributed by atoms with Crippen molar-refractivity contribution < 1.29 is 18.7 Å². The van der Waals surface area contributed by atoms with E-state index < -0.39 is 29.6 Å². The van der Waals surface area contributed by atoms with Gasteiger partial charge in [-0.15, -0.1) is 0 Å². The van der Waals surface area contributed by atoms with E-state index in [1.807, 2.05) is 43.3 Å². The number of halogens is 2. The highest BCUT2D eigenvalue weighted by molar-refractivity contribution is 5.76. The molecule has 0 bridgehead atoms. The second-order valence-electron chi connectivity index (χ2n) is 9.27. The normalized spacial score (nSPS) is 22.8. The zero-order valence-corrected chi connectivity index (χ0v) is 18.3. The number of carbonyl (C=O) groups is 1. The minimum Gasteiger partial charge on any atom is -0.376 e. The zero-order chi connectivity index (χ0) is 23.1. The first-order chi connectivity index (χ1) is 15.1. The summed E-state index contributed by atoms with van der Waals surface area (Å²) < 4.78 is 28.1. The molecule has 1 atom stereocenters. The number of alkyl halides is 2. The number of aliphatic hydroxyl groups excluding tert-OH is 1. The van der Waals surface area contributed by atoms with Crippen LogP contribution in [0.5, 0.6) is 0 Å². The molecule has 7 heteroatoms. The lowest BCUT2D eigenvalue weighted by molar-refractivity contribution is -0.0848. The predicted molar refractivity (Wildman–Crippen MR) is 117 cm³/mol. The van der Waals surface area contributed by atoms with Gasteiger partial charge in [-0.2, -0.15) is 5.26 Å². The third-order valence-corrected chi connectivity index (χ3v) is 7.42. The van der Waals surface area contributed by atoms with Crippen molar-refractivity contribution in [2.75, 3.05) is 13.8 Å². The minimum atomic E-state index is -2.68. The average Bonchev–Trinajstić information content (AvgIpc) is 3.02. The third kappa shape index (κ3) is 3.63. The Kier molecular flexibility index (Phi) is 5.46. The van der Waals surface area contributed by atoms with Crippen LogP contribution >= 0.6 is 0 Å². The fourth-order valence-electron chi connectivity index (χ4n) is 5.32. The van der Waals surface area contributed by atoms with Crippen molar-refractivity contribution in [3.05, 3.63) is 59.2 Å². The average molecular weight is 440 g/mol. The molecular formula is C25H27F2N3O2. The Morgan fingerprint density at radius 3 is 2.50 bits per heavy atom. The van der Waals surface area contributed by atoms with Gasteiger partial charge in [-0.1, -0.05) is 24.3 Å². The number of nitrogens with zero attached hydrogens (tertiary/aromatic N) is 2. The number of fused-ring (bicyclic) bond motifs is 1. The Bertz CT molecular complexity index is 1080. The van der Waals surface area contributed by atoms with Crippen LogP contribution in [0, 0.1) is 16.7 Å². The van der Waals surface area contributed by atoms with Crippen molar-refractivity contribution >= 4 is 6.03 Å². The summed E-state index contributed by atoms with van der Waals surface area (Å²) in [5.74, 6) is -2.68.